The number of ether oxygens (including phenoxy) is 1. The number of rotatable bonds is 5. The third-order valence-corrected chi connectivity index (χ3v) is 3.16. The van der Waals surface area contributed by atoms with Crippen molar-refractivity contribution in [2.45, 2.75) is 12.8 Å². The minimum absolute atomic E-state index is 0.0527. The fourth-order valence-corrected chi connectivity index (χ4v) is 2.15. The molecule has 0 N–H and O–H groups in total. The summed E-state index contributed by atoms with van der Waals surface area (Å²) < 4.78 is 5.50. The molecule has 0 saturated carbocycles. The Bertz CT molecular complexity index is 504. The molecule has 0 spiro atoms. The van der Waals surface area contributed by atoms with Crippen LogP contribution in [-0.2, 0) is 0 Å². The van der Waals surface area contributed by atoms with Gasteiger partial charge in [0.25, 0.3) is 5.69 Å². The van der Waals surface area contributed by atoms with E-state index in [4.69, 9.17) is 10.00 Å². The molecule has 0 atom stereocenters. The molecule has 100 valence electrons. The monoisotopic (exact) mass is 261 g/mol. The zero-order valence-corrected chi connectivity index (χ0v) is 10.5. The van der Waals surface area contributed by atoms with Gasteiger partial charge in [0.05, 0.1) is 11.0 Å². The SMILES string of the molecule is N#Cc1ccc(OCCN2CCCC2)cc1[N+](=O)[O-]. The van der Waals surface area contributed by atoms with Crippen LogP contribution in [0.4, 0.5) is 5.69 Å². The molecule has 0 aromatic heterocycles. The van der Waals surface area contributed by atoms with Crippen molar-refractivity contribution >= 4 is 5.69 Å². The second kappa shape index (κ2) is 6.16. The highest BCUT2D eigenvalue weighted by Gasteiger charge is 2.15. The molecule has 0 aliphatic carbocycles. The fraction of sp³-hybridized carbons (Fsp3) is 0.462. The lowest BCUT2D eigenvalue weighted by Gasteiger charge is -2.14. The van der Waals surface area contributed by atoms with Crippen LogP contribution in [-0.4, -0.2) is 36.1 Å². The largest absolute Gasteiger partial charge is 0.492 e. The van der Waals surface area contributed by atoms with Crippen molar-refractivity contribution in [1.29, 1.82) is 5.26 Å². The van der Waals surface area contributed by atoms with Gasteiger partial charge in [-0.05, 0) is 38.1 Å². The average molecular weight is 261 g/mol. The van der Waals surface area contributed by atoms with Gasteiger partial charge < -0.3 is 4.74 Å². The lowest BCUT2D eigenvalue weighted by molar-refractivity contribution is -0.385. The van der Waals surface area contributed by atoms with Crippen molar-refractivity contribution in [1.82, 2.24) is 4.90 Å². The van der Waals surface area contributed by atoms with Crippen LogP contribution in [0.1, 0.15) is 18.4 Å². The van der Waals surface area contributed by atoms with E-state index in [1.807, 2.05) is 0 Å². The maximum absolute atomic E-state index is 10.8. The van der Waals surface area contributed by atoms with E-state index in [0.717, 1.165) is 19.6 Å². The molecule has 1 aromatic rings. The predicted octanol–water partition coefficient (Wildman–Crippen LogP) is 1.94. The summed E-state index contributed by atoms with van der Waals surface area (Å²) in [4.78, 5) is 12.5. The van der Waals surface area contributed by atoms with E-state index in [9.17, 15) is 10.1 Å². The van der Waals surface area contributed by atoms with Gasteiger partial charge in [0.15, 0.2) is 0 Å². The first-order valence-electron chi connectivity index (χ1n) is 6.24. The highest BCUT2D eigenvalue weighted by atomic mass is 16.6. The van der Waals surface area contributed by atoms with Gasteiger partial charge in [-0.15, -0.1) is 0 Å². The minimum Gasteiger partial charge on any atom is -0.492 e. The molecular weight excluding hydrogens is 246 g/mol. The van der Waals surface area contributed by atoms with Crippen molar-refractivity contribution in [2.75, 3.05) is 26.2 Å². The van der Waals surface area contributed by atoms with Crippen molar-refractivity contribution < 1.29 is 9.66 Å². The summed E-state index contributed by atoms with van der Waals surface area (Å²) in [5, 5.41) is 19.6. The molecule has 1 aliphatic rings. The number of hydrogen-bond donors (Lipinski definition) is 0. The molecule has 1 saturated heterocycles. The first kappa shape index (κ1) is 13.3. The van der Waals surface area contributed by atoms with Crippen LogP contribution in [0.25, 0.3) is 0 Å². The van der Waals surface area contributed by atoms with E-state index in [-0.39, 0.29) is 11.3 Å². The Morgan fingerprint density at radius 2 is 2.16 bits per heavy atom. The van der Waals surface area contributed by atoms with Gasteiger partial charge >= 0.3 is 0 Å². The van der Waals surface area contributed by atoms with Crippen molar-refractivity contribution in [2.24, 2.45) is 0 Å². The van der Waals surface area contributed by atoms with Crippen LogP contribution in [0.5, 0.6) is 5.75 Å². The van der Waals surface area contributed by atoms with Crippen LogP contribution in [0.15, 0.2) is 18.2 Å². The van der Waals surface area contributed by atoms with Crippen molar-refractivity contribution in [3.8, 4) is 11.8 Å². The van der Waals surface area contributed by atoms with E-state index < -0.39 is 4.92 Å². The summed E-state index contributed by atoms with van der Waals surface area (Å²) in [5.41, 5.74) is -0.155. The topological polar surface area (TPSA) is 79.4 Å². The molecule has 0 unspecified atom stereocenters. The van der Waals surface area contributed by atoms with Gasteiger partial charge in [0.2, 0.25) is 0 Å². The van der Waals surface area contributed by atoms with Crippen molar-refractivity contribution in [3.05, 3.63) is 33.9 Å². The molecule has 1 fully saturated rings. The Morgan fingerprint density at radius 3 is 2.79 bits per heavy atom. The fourth-order valence-electron chi connectivity index (χ4n) is 2.15. The number of nitro groups is 1. The van der Waals surface area contributed by atoms with Gasteiger partial charge in [0.1, 0.15) is 24.0 Å². The number of hydrogen-bond acceptors (Lipinski definition) is 5. The predicted molar refractivity (Wildman–Crippen MR) is 69.0 cm³/mol. The minimum atomic E-state index is -0.564. The number of nitrogens with zero attached hydrogens (tertiary/aromatic N) is 3. The third-order valence-electron chi connectivity index (χ3n) is 3.16. The first-order chi connectivity index (χ1) is 9.20. The van der Waals surface area contributed by atoms with Crippen LogP contribution >= 0.6 is 0 Å². The molecule has 0 amide bonds. The number of benzene rings is 1. The molecular formula is C13H15N3O3. The van der Waals surface area contributed by atoms with Crippen molar-refractivity contribution in [3.63, 3.8) is 0 Å². The third kappa shape index (κ3) is 3.42. The zero-order valence-electron chi connectivity index (χ0n) is 10.5. The molecule has 19 heavy (non-hydrogen) atoms. The molecule has 0 radical (unpaired) electrons. The number of nitriles is 1. The summed E-state index contributed by atoms with van der Waals surface area (Å²) in [5.74, 6) is 0.435. The smallest absolute Gasteiger partial charge is 0.290 e. The van der Waals surface area contributed by atoms with Crippen LogP contribution in [0, 0.1) is 21.4 Å². The number of nitro benzene ring substituents is 1. The van der Waals surface area contributed by atoms with E-state index in [1.54, 1.807) is 12.1 Å². The highest BCUT2D eigenvalue weighted by Crippen LogP contribution is 2.24. The summed E-state index contributed by atoms with van der Waals surface area (Å²) in [7, 11) is 0. The second-order valence-corrected chi connectivity index (χ2v) is 4.45. The van der Waals surface area contributed by atoms with E-state index in [0.29, 0.717) is 12.4 Å². The summed E-state index contributed by atoms with van der Waals surface area (Å²) in [6.45, 7) is 3.52. The van der Waals surface area contributed by atoms with Gasteiger partial charge in [0, 0.05) is 6.54 Å². The summed E-state index contributed by atoms with van der Waals surface area (Å²) >= 11 is 0. The molecule has 0 bridgehead atoms. The zero-order chi connectivity index (χ0) is 13.7. The molecule has 6 heteroatoms. The van der Waals surface area contributed by atoms with Crippen LogP contribution in [0.3, 0.4) is 0 Å². The molecule has 6 nitrogen and oxygen atoms in total. The Kier molecular flexibility index (Phi) is 4.31. The summed E-state index contributed by atoms with van der Waals surface area (Å²) in [6, 6.07) is 6.12. The Hall–Kier alpha value is -2.13. The lowest BCUT2D eigenvalue weighted by Crippen LogP contribution is -2.25. The van der Waals surface area contributed by atoms with E-state index in [2.05, 4.69) is 4.90 Å². The average Bonchev–Trinajstić information content (AvgIpc) is 2.91. The Labute approximate surface area is 111 Å². The second-order valence-electron chi connectivity index (χ2n) is 4.45. The molecule has 1 aromatic carbocycles. The molecule has 1 heterocycles. The lowest BCUT2D eigenvalue weighted by atomic mass is 10.2. The van der Waals surface area contributed by atoms with Gasteiger partial charge in [-0.3, -0.25) is 15.0 Å². The van der Waals surface area contributed by atoms with Gasteiger partial charge in [-0.25, -0.2) is 0 Å². The molecule has 2 rings (SSSR count). The maximum Gasteiger partial charge on any atom is 0.290 e. The Balaban J connectivity index is 1.95. The highest BCUT2D eigenvalue weighted by molar-refractivity contribution is 5.52. The normalized spacial score (nSPS) is 15.1. The van der Waals surface area contributed by atoms with Gasteiger partial charge in [-0.2, -0.15) is 5.26 Å². The standard InChI is InChI=1S/C13H15N3O3/c14-10-11-3-4-12(9-13(11)16(17)18)19-8-7-15-5-1-2-6-15/h3-4,9H,1-2,5-8H2. The quantitative estimate of drug-likeness (QED) is 0.597. The van der Waals surface area contributed by atoms with E-state index in [1.165, 1.54) is 25.0 Å². The summed E-state index contributed by atoms with van der Waals surface area (Å²) in [6.07, 6.45) is 2.45. The van der Waals surface area contributed by atoms with Gasteiger partial charge in [-0.1, -0.05) is 0 Å². The number of likely N-dealkylation sites (tertiary alicyclic amines) is 1. The molecule has 1 aliphatic heterocycles. The maximum atomic E-state index is 10.8. The van der Waals surface area contributed by atoms with Crippen LogP contribution < -0.4 is 4.74 Å². The Morgan fingerprint density at radius 1 is 1.42 bits per heavy atom. The van der Waals surface area contributed by atoms with E-state index >= 15 is 0 Å². The van der Waals surface area contributed by atoms with Crippen LogP contribution in [0.2, 0.25) is 0 Å². The first-order valence-corrected chi connectivity index (χ1v) is 6.24.